The fourth-order valence-electron chi connectivity index (χ4n) is 2.02. The fourth-order valence-corrected chi connectivity index (χ4v) is 3.55. The van der Waals surface area contributed by atoms with Gasteiger partial charge in [0.1, 0.15) is 11.9 Å². The molecule has 2 unspecified atom stereocenters. The minimum absolute atomic E-state index is 0.0135. The maximum Gasteiger partial charge on any atom is 0.148 e. The van der Waals surface area contributed by atoms with Crippen LogP contribution in [-0.4, -0.2) is 6.04 Å². The van der Waals surface area contributed by atoms with Gasteiger partial charge in [-0.15, -0.1) is 11.3 Å². The van der Waals surface area contributed by atoms with Crippen LogP contribution in [0.1, 0.15) is 35.5 Å². The molecule has 0 saturated heterocycles. The van der Waals surface area contributed by atoms with Crippen LogP contribution in [0.5, 0.6) is 5.75 Å². The molecule has 2 rings (SSSR count). The summed E-state index contributed by atoms with van der Waals surface area (Å²) in [4.78, 5) is 1.16. The van der Waals surface area contributed by atoms with E-state index in [-0.39, 0.29) is 12.1 Å². The fraction of sp³-hybridized carbons (Fsp3) is 0.375. The number of thiophene rings is 1. The predicted octanol–water partition coefficient (Wildman–Crippen LogP) is 4.98. The Morgan fingerprint density at radius 1 is 1.25 bits per heavy atom. The number of nitrogens with two attached hydrogens (primary N) is 1. The van der Waals surface area contributed by atoms with Crippen molar-refractivity contribution >= 4 is 27.3 Å². The van der Waals surface area contributed by atoms with Gasteiger partial charge in [0, 0.05) is 10.9 Å². The van der Waals surface area contributed by atoms with Crippen LogP contribution in [0.25, 0.3) is 0 Å². The van der Waals surface area contributed by atoms with Crippen molar-refractivity contribution in [3.8, 4) is 5.75 Å². The van der Waals surface area contributed by atoms with Crippen molar-refractivity contribution in [2.45, 2.75) is 39.3 Å². The maximum absolute atomic E-state index is 6.26. The van der Waals surface area contributed by atoms with Crippen LogP contribution in [0.15, 0.2) is 34.1 Å². The van der Waals surface area contributed by atoms with Crippen molar-refractivity contribution in [3.05, 3.63) is 50.1 Å². The van der Waals surface area contributed by atoms with Gasteiger partial charge in [-0.2, -0.15) is 0 Å². The van der Waals surface area contributed by atoms with E-state index < -0.39 is 0 Å². The molecule has 0 saturated carbocycles. The molecule has 2 nitrogen and oxygen atoms in total. The van der Waals surface area contributed by atoms with E-state index in [1.54, 1.807) is 11.3 Å². The van der Waals surface area contributed by atoms with Crippen molar-refractivity contribution in [1.29, 1.82) is 0 Å². The zero-order valence-corrected chi connectivity index (χ0v) is 14.4. The van der Waals surface area contributed by atoms with Crippen molar-refractivity contribution in [2.24, 2.45) is 5.73 Å². The van der Waals surface area contributed by atoms with E-state index in [1.807, 2.05) is 6.07 Å². The average Bonchev–Trinajstić information content (AvgIpc) is 2.85. The molecule has 0 amide bonds. The summed E-state index contributed by atoms with van der Waals surface area (Å²) in [5.41, 5.74) is 8.60. The van der Waals surface area contributed by atoms with Gasteiger partial charge in [0.05, 0.1) is 3.79 Å². The maximum atomic E-state index is 6.26. The summed E-state index contributed by atoms with van der Waals surface area (Å²) in [7, 11) is 0. The van der Waals surface area contributed by atoms with Crippen LogP contribution in [0.2, 0.25) is 0 Å². The quantitative estimate of drug-likeness (QED) is 0.821. The van der Waals surface area contributed by atoms with Crippen LogP contribution >= 0.6 is 27.3 Å². The van der Waals surface area contributed by atoms with Crippen LogP contribution in [0.3, 0.4) is 0 Å². The molecule has 0 bridgehead atoms. The Labute approximate surface area is 133 Å². The van der Waals surface area contributed by atoms with Crippen LogP contribution in [-0.2, 0) is 0 Å². The molecule has 1 heterocycles. The van der Waals surface area contributed by atoms with Gasteiger partial charge in [-0.05, 0) is 65.5 Å². The number of aryl methyl sites for hydroxylation is 2. The molecule has 1 aromatic heterocycles. The first-order chi connectivity index (χ1) is 9.51. The Morgan fingerprint density at radius 2 is 2.00 bits per heavy atom. The number of hydrogen-bond acceptors (Lipinski definition) is 3. The summed E-state index contributed by atoms with van der Waals surface area (Å²) < 4.78 is 7.34. The van der Waals surface area contributed by atoms with Crippen LogP contribution < -0.4 is 10.5 Å². The number of benzene rings is 1. The van der Waals surface area contributed by atoms with Crippen molar-refractivity contribution in [3.63, 3.8) is 0 Å². The van der Waals surface area contributed by atoms with E-state index in [2.05, 4.69) is 61.0 Å². The summed E-state index contributed by atoms with van der Waals surface area (Å²) in [6, 6.07) is 10.4. The normalized spacial score (nSPS) is 14.1. The molecule has 0 aliphatic rings. The molecule has 4 heteroatoms. The van der Waals surface area contributed by atoms with Gasteiger partial charge in [-0.3, -0.25) is 0 Å². The standard InChI is InChI=1S/C16H20BrNOS/c1-4-12(18)16(14-7-8-15(17)20-14)19-13-9-10(2)5-6-11(13)3/h5-9,12,16H,4,18H2,1-3H3. The summed E-state index contributed by atoms with van der Waals surface area (Å²) in [6.45, 7) is 6.23. The topological polar surface area (TPSA) is 35.2 Å². The number of rotatable bonds is 5. The monoisotopic (exact) mass is 353 g/mol. The second-order valence-electron chi connectivity index (χ2n) is 5.02. The Balaban J connectivity index is 2.30. The highest BCUT2D eigenvalue weighted by molar-refractivity contribution is 9.11. The first-order valence-electron chi connectivity index (χ1n) is 6.76. The zero-order valence-electron chi connectivity index (χ0n) is 12.0. The third-order valence-electron chi connectivity index (χ3n) is 3.33. The molecule has 2 aromatic rings. The molecule has 0 radical (unpaired) electrons. The van der Waals surface area contributed by atoms with E-state index in [4.69, 9.17) is 10.5 Å². The van der Waals surface area contributed by atoms with Crippen molar-refractivity contribution < 1.29 is 4.74 Å². The molecule has 0 aliphatic heterocycles. The third-order valence-corrected chi connectivity index (χ3v) is 5.02. The van der Waals surface area contributed by atoms with Crippen LogP contribution in [0.4, 0.5) is 0 Å². The van der Waals surface area contributed by atoms with Crippen LogP contribution in [0, 0.1) is 13.8 Å². The van der Waals surface area contributed by atoms with E-state index >= 15 is 0 Å². The first kappa shape index (κ1) is 15.5. The Kier molecular flexibility index (Phi) is 5.24. The van der Waals surface area contributed by atoms with Crippen molar-refractivity contribution in [1.82, 2.24) is 0 Å². The highest BCUT2D eigenvalue weighted by Gasteiger charge is 2.23. The van der Waals surface area contributed by atoms with Gasteiger partial charge >= 0.3 is 0 Å². The summed E-state index contributed by atoms with van der Waals surface area (Å²) in [5, 5.41) is 0. The lowest BCUT2D eigenvalue weighted by Crippen LogP contribution is -2.31. The molecule has 2 N–H and O–H groups in total. The minimum Gasteiger partial charge on any atom is -0.483 e. The smallest absolute Gasteiger partial charge is 0.148 e. The second kappa shape index (κ2) is 6.74. The summed E-state index contributed by atoms with van der Waals surface area (Å²) in [5.74, 6) is 0.920. The molecule has 20 heavy (non-hydrogen) atoms. The highest BCUT2D eigenvalue weighted by Crippen LogP contribution is 2.34. The van der Waals surface area contributed by atoms with E-state index in [1.165, 1.54) is 5.56 Å². The van der Waals surface area contributed by atoms with Gasteiger partial charge < -0.3 is 10.5 Å². The number of halogens is 1. The molecule has 2 atom stereocenters. The lowest BCUT2D eigenvalue weighted by Gasteiger charge is -2.24. The summed E-state index contributed by atoms with van der Waals surface area (Å²) in [6.07, 6.45) is 0.780. The molecule has 0 spiro atoms. The lowest BCUT2D eigenvalue weighted by atomic mass is 10.1. The Morgan fingerprint density at radius 3 is 2.60 bits per heavy atom. The van der Waals surface area contributed by atoms with Gasteiger partial charge in [-0.25, -0.2) is 0 Å². The molecular weight excluding hydrogens is 334 g/mol. The second-order valence-corrected chi connectivity index (χ2v) is 7.52. The molecule has 108 valence electrons. The molecule has 0 aliphatic carbocycles. The van der Waals surface area contributed by atoms with E-state index in [0.29, 0.717) is 0 Å². The predicted molar refractivity (Wildman–Crippen MR) is 89.6 cm³/mol. The number of hydrogen-bond donors (Lipinski definition) is 1. The van der Waals surface area contributed by atoms with Gasteiger partial charge in [0.2, 0.25) is 0 Å². The van der Waals surface area contributed by atoms with Gasteiger partial charge in [0.25, 0.3) is 0 Å². The number of ether oxygens (including phenoxy) is 1. The van der Waals surface area contributed by atoms with E-state index in [0.717, 1.165) is 26.4 Å². The van der Waals surface area contributed by atoms with Gasteiger partial charge in [0.15, 0.2) is 0 Å². The first-order valence-corrected chi connectivity index (χ1v) is 8.37. The molecule has 0 fully saturated rings. The van der Waals surface area contributed by atoms with Gasteiger partial charge in [-0.1, -0.05) is 19.1 Å². The third kappa shape index (κ3) is 3.62. The largest absolute Gasteiger partial charge is 0.483 e. The zero-order chi connectivity index (χ0) is 14.7. The summed E-state index contributed by atoms with van der Waals surface area (Å²) >= 11 is 5.19. The molecule has 1 aromatic carbocycles. The SMILES string of the molecule is CCC(N)C(Oc1cc(C)ccc1C)c1ccc(Br)s1. The Bertz CT molecular complexity index is 582. The van der Waals surface area contributed by atoms with E-state index in [9.17, 15) is 0 Å². The lowest BCUT2D eigenvalue weighted by molar-refractivity contribution is 0.173. The average molecular weight is 354 g/mol. The highest BCUT2D eigenvalue weighted by atomic mass is 79.9. The van der Waals surface area contributed by atoms with Crippen molar-refractivity contribution in [2.75, 3.05) is 0 Å². The minimum atomic E-state index is -0.100. The molecular formula is C16H20BrNOS. The Hall–Kier alpha value is -0.840.